The second kappa shape index (κ2) is 17.2. The largest absolute Gasteiger partial charge is 0.744 e. The number of phenolic OH excluding ortho intramolecular Hbond substituents is 1. The van der Waals surface area contributed by atoms with E-state index in [2.05, 4.69) is 36.0 Å². The van der Waals surface area contributed by atoms with Crippen molar-refractivity contribution in [2.24, 2.45) is 30.7 Å². The zero-order valence-electron chi connectivity index (χ0n) is 32.9. The van der Waals surface area contributed by atoms with Crippen molar-refractivity contribution in [1.29, 1.82) is 0 Å². The van der Waals surface area contributed by atoms with Gasteiger partial charge in [0.25, 0.3) is 0 Å². The van der Waals surface area contributed by atoms with Crippen LogP contribution in [0.25, 0.3) is 32.3 Å². The number of hydrogen-bond acceptors (Lipinski definition) is 20. The molecule has 0 fully saturated rings. The maximum absolute atomic E-state index is 12.5. The Morgan fingerprint density at radius 1 is 0.394 bits per heavy atom. The molecular weight excluding hydrogens is 939 g/mol. The number of aromatic hydroxyl groups is 1. The van der Waals surface area contributed by atoms with Gasteiger partial charge in [0.15, 0.2) is 5.75 Å². The van der Waals surface area contributed by atoms with Crippen LogP contribution in [0.1, 0.15) is 0 Å². The monoisotopic (exact) mass is 963 g/mol. The van der Waals surface area contributed by atoms with Gasteiger partial charge in [-0.05, 0) is 109 Å². The summed E-state index contributed by atoms with van der Waals surface area (Å²) in [7, 11) is -20.2. The molecule has 2 N–H and O–H groups in total. The molecule has 0 aliphatic carbocycles. The van der Waals surface area contributed by atoms with Gasteiger partial charge < -0.3 is 28.6 Å². The Bertz CT molecular complexity index is 3870. The zero-order chi connectivity index (χ0) is 47.2. The third-order valence-corrected chi connectivity index (χ3v) is 13.1. The molecule has 0 atom stereocenters. The van der Waals surface area contributed by atoms with E-state index in [0.717, 1.165) is 42.5 Å². The molecule has 8 aromatic carbocycles. The van der Waals surface area contributed by atoms with Gasteiger partial charge in [-0.1, -0.05) is 36.4 Å². The number of para-hydroxylation sites is 1. The predicted octanol–water partition coefficient (Wildman–Crippen LogP) is 9.46. The van der Waals surface area contributed by atoms with Gasteiger partial charge in [-0.25, -0.2) is 33.7 Å². The Morgan fingerprint density at radius 3 is 1.41 bits per heavy atom. The van der Waals surface area contributed by atoms with E-state index in [1.54, 1.807) is 30.3 Å². The van der Waals surface area contributed by atoms with Crippen molar-refractivity contribution in [2.45, 2.75) is 19.6 Å². The maximum atomic E-state index is 12.5. The number of fused-ring (bicyclic) bond motifs is 3. The number of hydrogen-bond donors (Lipinski definition) is 2. The summed E-state index contributed by atoms with van der Waals surface area (Å²) in [6.45, 7) is 0. The van der Waals surface area contributed by atoms with Crippen LogP contribution in [0, 0.1) is 0 Å². The molecule has 0 aliphatic rings. The molecule has 24 heteroatoms. The minimum absolute atomic E-state index is 0.0146. The van der Waals surface area contributed by atoms with Crippen molar-refractivity contribution >= 4 is 118 Å². The van der Waals surface area contributed by atoms with E-state index in [9.17, 15) is 57.0 Å². The number of nitrogens with one attached hydrogen (secondary N) is 1. The molecule has 8 aromatic rings. The number of phenols is 1. The summed E-state index contributed by atoms with van der Waals surface area (Å²) >= 11 is 0. The second-order valence-electron chi connectivity index (χ2n) is 14.0. The molecule has 0 spiro atoms. The minimum atomic E-state index is -5.28. The fraction of sp³-hybridized carbons (Fsp3) is 0. The van der Waals surface area contributed by atoms with E-state index in [1.807, 2.05) is 6.07 Å². The molecule has 0 bridgehead atoms. The average Bonchev–Trinajstić information content (AvgIpc) is 3.26. The van der Waals surface area contributed by atoms with E-state index in [1.165, 1.54) is 60.7 Å². The summed E-state index contributed by atoms with van der Waals surface area (Å²) in [5, 5.41) is 39.6. The normalized spacial score (nSPS) is 12.9. The highest BCUT2D eigenvalue weighted by Crippen LogP contribution is 2.44. The first-order chi connectivity index (χ1) is 31.1. The summed E-state index contributed by atoms with van der Waals surface area (Å²) < 4.78 is 145. The van der Waals surface area contributed by atoms with Crippen molar-refractivity contribution in [1.82, 2.24) is 0 Å². The lowest BCUT2D eigenvalue weighted by molar-refractivity contribution is 0.458. The number of anilines is 2. The number of azo groups is 3. The van der Waals surface area contributed by atoms with Crippen molar-refractivity contribution in [3.05, 3.63) is 140 Å². The first-order valence-electron chi connectivity index (χ1n) is 18.6. The first kappa shape index (κ1) is 45.2. The Balaban J connectivity index is 1.20. The van der Waals surface area contributed by atoms with Crippen molar-refractivity contribution < 1.29 is 57.0 Å². The molecule has 0 heterocycles. The molecule has 20 nitrogen and oxygen atoms in total. The van der Waals surface area contributed by atoms with E-state index in [0.29, 0.717) is 11.4 Å². The SMILES string of the molecule is O=S(=O)([O-])c1cccc(N=Nc2ccc(N=Nc3ccc(N=Nc4c(S(=O)(=O)[O-])cc5cc(Nc6ccccc6)ccc5c4O)c4ccc(S(=O)(=O)[O-])cc34)c3ccc(S(=O)(=O)[O-])cc23)c1. The Kier molecular flexibility index (Phi) is 11.8. The van der Waals surface area contributed by atoms with Gasteiger partial charge in [-0.3, -0.25) is 0 Å². The Labute approximate surface area is 374 Å². The molecule has 0 radical (unpaired) electrons. The van der Waals surface area contributed by atoms with Gasteiger partial charge in [-0.15, -0.1) is 25.6 Å². The number of benzene rings is 8. The number of nitrogens with zero attached hydrogens (tertiary/aromatic N) is 6. The van der Waals surface area contributed by atoms with Gasteiger partial charge in [-0.2, -0.15) is 5.11 Å². The molecule has 66 heavy (non-hydrogen) atoms. The van der Waals surface area contributed by atoms with E-state index < -0.39 is 71.5 Å². The summed E-state index contributed by atoms with van der Waals surface area (Å²) in [5.41, 5.74) is 0.374. The molecule has 8 rings (SSSR count). The first-order valence-corrected chi connectivity index (χ1v) is 24.2. The van der Waals surface area contributed by atoms with Crippen molar-refractivity contribution in [2.75, 3.05) is 5.32 Å². The third kappa shape index (κ3) is 9.65. The van der Waals surface area contributed by atoms with Crippen LogP contribution in [0.2, 0.25) is 0 Å². The van der Waals surface area contributed by atoms with Crippen molar-refractivity contribution in [3.8, 4) is 5.75 Å². The maximum Gasteiger partial charge on any atom is 0.152 e. The van der Waals surface area contributed by atoms with Crippen LogP contribution in [-0.2, 0) is 40.5 Å². The Hall–Kier alpha value is -7.42. The molecule has 0 amide bonds. The molecule has 334 valence electrons. The molecule has 0 saturated carbocycles. The highest BCUT2D eigenvalue weighted by Gasteiger charge is 2.19. The topological polar surface area (TPSA) is 335 Å². The van der Waals surface area contributed by atoms with Crippen LogP contribution in [0.4, 0.5) is 45.5 Å². The minimum Gasteiger partial charge on any atom is -0.744 e. The summed E-state index contributed by atoms with van der Waals surface area (Å²) in [6, 6.07) is 31.0. The molecule has 0 aliphatic heterocycles. The van der Waals surface area contributed by atoms with Gasteiger partial charge in [0.2, 0.25) is 0 Å². The lowest BCUT2D eigenvalue weighted by Crippen LogP contribution is -2.00. The smallest absolute Gasteiger partial charge is 0.152 e. The molecule has 0 unspecified atom stereocenters. The van der Waals surface area contributed by atoms with Crippen LogP contribution in [0.5, 0.6) is 5.75 Å². The van der Waals surface area contributed by atoms with E-state index in [-0.39, 0.29) is 60.8 Å². The average molecular weight is 964 g/mol. The van der Waals surface area contributed by atoms with Crippen LogP contribution in [0.15, 0.2) is 190 Å². The quantitative estimate of drug-likeness (QED) is 0.0850. The van der Waals surface area contributed by atoms with Gasteiger partial charge in [0, 0.05) is 38.3 Å². The standard InChI is InChI=1S/C42H29N7O13S4/c50-42-31-12-9-26(43-25-5-2-1-3-6-25)19-24(31)20-40(66(60,61)62)41(42)49-48-37-16-18-39(35-23-30(65(57,58)59)11-14-33(35)37)47-46-36-15-17-38(34-22-29(64(54,55)56)10-13-32(34)36)45-44-27-7-4-8-28(21-27)63(51,52)53/h1-23,43,50H,(H,51,52,53)(H,54,55,56)(H,57,58,59)(H,60,61,62)/p-4. The fourth-order valence-electron chi connectivity index (χ4n) is 6.68. The number of rotatable bonds is 12. The Morgan fingerprint density at radius 2 is 0.879 bits per heavy atom. The lowest BCUT2D eigenvalue weighted by Gasteiger charge is -2.15. The second-order valence-corrected chi connectivity index (χ2v) is 19.5. The molecule has 0 saturated heterocycles. The van der Waals surface area contributed by atoms with Crippen LogP contribution >= 0.6 is 0 Å². The van der Waals surface area contributed by atoms with Gasteiger partial charge in [0.1, 0.15) is 46.2 Å². The zero-order valence-corrected chi connectivity index (χ0v) is 36.2. The predicted molar refractivity (Wildman–Crippen MR) is 234 cm³/mol. The van der Waals surface area contributed by atoms with Gasteiger partial charge >= 0.3 is 0 Å². The van der Waals surface area contributed by atoms with E-state index >= 15 is 0 Å². The summed E-state index contributed by atoms with van der Waals surface area (Å²) in [4.78, 5) is -2.81. The summed E-state index contributed by atoms with van der Waals surface area (Å²) in [6.07, 6.45) is 0. The van der Waals surface area contributed by atoms with Crippen LogP contribution < -0.4 is 5.32 Å². The van der Waals surface area contributed by atoms with Gasteiger partial charge in [0.05, 0.1) is 48.0 Å². The molecule has 0 aromatic heterocycles. The molecular formula is C42H25N7O13S4-4. The lowest BCUT2D eigenvalue weighted by atomic mass is 10.1. The van der Waals surface area contributed by atoms with Crippen molar-refractivity contribution in [3.63, 3.8) is 0 Å². The van der Waals surface area contributed by atoms with Crippen LogP contribution in [-0.4, -0.2) is 57.0 Å². The third-order valence-electron chi connectivity index (χ3n) is 9.75. The fourth-order valence-corrected chi connectivity index (χ4v) is 8.83. The summed E-state index contributed by atoms with van der Waals surface area (Å²) in [5.74, 6) is -0.685. The highest BCUT2D eigenvalue weighted by atomic mass is 32.2. The van der Waals surface area contributed by atoms with E-state index in [4.69, 9.17) is 0 Å². The van der Waals surface area contributed by atoms with Crippen LogP contribution in [0.3, 0.4) is 0 Å². The highest BCUT2D eigenvalue weighted by molar-refractivity contribution is 7.86.